The summed E-state index contributed by atoms with van der Waals surface area (Å²) in [5, 5.41) is 1.65. The molecule has 0 saturated heterocycles. The molecule has 7 heteroatoms. The van der Waals surface area contributed by atoms with Crippen molar-refractivity contribution in [2.45, 2.75) is 13.0 Å². The van der Waals surface area contributed by atoms with Gasteiger partial charge in [-0.1, -0.05) is 35.9 Å². The SMILES string of the molecule is Cc1ccc(N(C(=O)COc2ccccc2)[C@@H]2C=CS(=O)(=O)C2)cc1Cl. The van der Waals surface area contributed by atoms with E-state index >= 15 is 0 Å². The van der Waals surface area contributed by atoms with Crippen LogP contribution in [0.1, 0.15) is 5.56 Å². The molecule has 0 N–H and O–H groups in total. The number of para-hydroxylation sites is 1. The average Bonchev–Trinajstić information content (AvgIpc) is 2.97. The Morgan fingerprint density at radius 2 is 1.96 bits per heavy atom. The highest BCUT2D eigenvalue weighted by Gasteiger charge is 2.31. The standard InChI is InChI=1S/C19H18ClNO4S/c1-14-7-8-15(11-18(14)20)21(16-9-10-26(23,24)13-16)19(22)12-25-17-5-3-2-4-6-17/h2-11,16H,12-13H2,1H3/t16-/m1/s1. The molecule has 2 aromatic carbocycles. The summed E-state index contributed by atoms with van der Waals surface area (Å²) >= 11 is 6.19. The van der Waals surface area contributed by atoms with E-state index in [-0.39, 0.29) is 18.3 Å². The van der Waals surface area contributed by atoms with Crippen molar-refractivity contribution in [3.8, 4) is 5.75 Å². The van der Waals surface area contributed by atoms with Gasteiger partial charge in [-0.05, 0) is 42.8 Å². The quantitative estimate of drug-likeness (QED) is 0.783. The summed E-state index contributed by atoms with van der Waals surface area (Å²) in [6, 6.07) is 13.6. The molecule has 1 amide bonds. The number of carbonyl (C=O) groups excluding carboxylic acids is 1. The molecule has 2 aromatic rings. The number of sulfone groups is 1. The number of benzene rings is 2. The number of halogens is 1. The van der Waals surface area contributed by atoms with E-state index in [0.717, 1.165) is 11.0 Å². The molecule has 5 nitrogen and oxygen atoms in total. The molecule has 1 aliphatic heterocycles. The van der Waals surface area contributed by atoms with Gasteiger partial charge in [0.25, 0.3) is 5.91 Å². The van der Waals surface area contributed by atoms with Crippen molar-refractivity contribution in [3.63, 3.8) is 0 Å². The number of amides is 1. The minimum Gasteiger partial charge on any atom is -0.484 e. The zero-order valence-electron chi connectivity index (χ0n) is 14.1. The summed E-state index contributed by atoms with van der Waals surface area (Å²) in [6.45, 7) is 1.65. The Morgan fingerprint density at radius 3 is 2.58 bits per heavy atom. The third-order valence-corrected chi connectivity index (χ3v) is 5.84. The molecule has 26 heavy (non-hydrogen) atoms. The Labute approximate surface area is 157 Å². The lowest BCUT2D eigenvalue weighted by Crippen LogP contribution is -2.43. The number of hydrogen-bond donors (Lipinski definition) is 0. The molecule has 1 heterocycles. The lowest BCUT2D eigenvalue weighted by atomic mass is 10.1. The van der Waals surface area contributed by atoms with Gasteiger partial charge < -0.3 is 9.64 Å². The van der Waals surface area contributed by atoms with E-state index in [2.05, 4.69) is 0 Å². The van der Waals surface area contributed by atoms with Gasteiger partial charge in [0, 0.05) is 16.1 Å². The summed E-state index contributed by atoms with van der Waals surface area (Å²) in [5.74, 6) is 0.0631. The molecule has 0 unspecified atom stereocenters. The predicted molar refractivity (Wildman–Crippen MR) is 102 cm³/mol. The maximum atomic E-state index is 12.8. The first-order chi connectivity index (χ1) is 12.4. The Kier molecular flexibility index (Phi) is 5.34. The smallest absolute Gasteiger partial charge is 0.265 e. The Hall–Kier alpha value is -2.31. The van der Waals surface area contributed by atoms with E-state index in [0.29, 0.717) is 16.5 Å². The van der Waals surface area contributed by atoms with Gasteiger partial charge in [0.2, 0.25) is 0 Å². The molecule has 1 atom stereocenters. The molecule has 136 valence electrons. The zero-order valence-corrected chi connectivity index (χ0v) is 15.7. The molecule has 1 aliphatic rings. The molecule has 0 aromatic heterocycles. The maximum absolute atomic E-state index is 12.8. The Morgan fingerprint density at radius 1 is 1.23 bits per heavy atom. The monoisotopic (exact) mass is 391 g/mol. The van der Waals surface area contributed by atoms with Crippen LogP contribution in [0.15, 0.2) is 60.0 Å². The van der Waals surface area contributed by atoms with E-state index in [4.69, 9.17) is 16.3 Å². The van der Waals surface area contributed by atoms with Crippen LogP contribution in [0.4, 0.5) is 5.69 Å². The van der Waals surface area contributed by atoms with Gasteiger partial charge in [0.1, 0.15) is 5.75 Å². The van der Waals surface area contributed by atoms with Crippen molar-refractivity contribution in [1.29, 1.82) is 0 Å². The van der Waals surface area contributed by atoms with Crippen molar-refractivity contribution in [2.75, 3.05) is 17.3 Å². The fourth-order valence-corrected chi connectivity index (χ4v) is 4.15. The van der Waals surface area contributed by atoms with Gasteiger partial charge in [-0.25, -0.2) is 8.42 Å². The van der Waals surface area contributed by atoms with Crippen LogP contribution in [0.5, 0.6) is 5.75 Å². The van der Waals surface area contributed by atoms with Crippen LogP contribution < -0.4 is 9.64 Å². The van der Waals surface area contributed by atoms with Gasteiger partial charge in [-0.2, -0.15) is 0 Å². The van der Waals surface area contributed by atoms with Gasteiger partial charge in [-0.3, -0.25) is 4.79 Å². The summed E-state index contributed by atoms with van der Waals surface area (Å²) in [4.78, 5) is 14.3. The van der Waals surface area contributed by atoms with Crippen LogP contribution in [0.3, 0.4) is 0 Å². The van der Waals surface area contributed by atoms with E-state index < -0.39 is 15.9 Å². The number of rotatable bonds is 5. The molecule has 0 saturated carbocycles. The molecule has 0 fully saturated rings. The van der Waals surface area contributed by atoms with Crippen molar-refractivity contribution in [2.24, 2.45) is 0 Å². The van der Waals surface area contributed by atoms with Crippen LogP contribution in [0.2, 0.25) is 5.02 Å². The van der Waals surface area contributed by atoms with Crippen LogP contribution in [-0.4, -0.2) is 32.7 Å². The lowest BCUT2D eigenvalue weighted by Gasteiger charge is -2.28. The minimum atomic E-state index is -3.32. The first-order valence-corrected chi connectivity index (χ1v) is 10.1. The molecule has 0 bridgehead atoms. The van der Waals surface area contributed by atoms with Gasteiger partial charge in [0.05, 0.1) is 11.8 Å². The maximum Gasteiger partial charge on any atom is 0.265 e. The highest BCUT2D eigenvalue weighted by molar-refractivity contribution is 7.94. The van der Waals surface area contributed by atoms with Crippen molar-refractivity contribution in [3.05, 3.63) is 70.6 Å². The van der Waals surface area contributed by atoms with Crippen LogP contribution in [0.25, 0.3) is 0 Å². The Balaban J connectivity index is 1.86. The third-order valence-electron chi connectivity index (χ3n) is 4.05. The van der Waals surface area contributed by atoms with Gasteiger partial charge >= 0.3 is 0 Å². The second-order valence-corrected chi connectivity index (χ2v) is 8.36. The van der Waals surface area contributed by atoms with Crippen molar-refractivity contribution >= 4 is 33.0 Å². The summed E-state index contributed by atoms with van der Waals surface area (Å²) in [6.07, 6.45) is 1.52. The first kappa shape index (κ1) is 18.5. The largest absolute Gasteiger partial charge is 0.484 e. The number of anilines is 1. The predicted octanol–water partition coefficient (Wildman–Crippen LogP) is 3.37. The van der Waals surface area contributed by atoms with Crippen LogP contribution >= 0.6 is 11.6 Å². The highest BCUT2D eigenvalue weighted by Crippen LogP contribution is 2.27. The number of hydrogen-bond acceptors (Lipinski definition) is 4. The average molecular weight is 392 g/mol. The number of carbonyl (C=O) groups is 1. The summed E-state index contributed by atoms with van der Waals surface area (Å²) in [7, 11) is -3.32. The Bertz CT molecular complexity index is 941. The van der Waals surface area contributed by atoms with Gasteiger partial charge in [0.15, 0.2) is 16.4 Å². The molecule has 0 radical (unpaired) electrons. The van der Waals surface area contributed by atoms with E-state index in [1.807, 2.05) is 25.1 Å². The second kappa shape index (κ2) is 7.51. The van der Waals surface area contributed by atoms with E-state index in [1.165, 1.54) is 11.0 Å². The fourth-order valence-electron chi connectivity index (χ4n) is 2.70. The zero-order chi connectivity index (χ0) is 18.7. The lowest BCUT2D eigenvalue weighted by molar-refractivity contribution is -0.120. The molecule has 3 rings (SSSR count). The molecular formula is C19H18ClNO4S. The normalized spacial score (nSPS) is 17.8. The topological polar surface area (TPSA) is 63.7 Å². The van der Waals surface area contributed by atoms with E-state index in [1.54, 1.807) is 30.3 Å². The fraction of sp³-hybridized carbons (Fsp3) is 0.211. The number of nitrogens with zero attached hydrogens (tertiary/aromatic N) is 1. The highest BCUT2D eigenvalue weighted by atomic mass is 35.5. The van der Waals surface area contributed by atoms with Crippen molar-refractivity contribution in [1.82, 2.24) is 0 Å². The van der Waals surface area contributed by atoms with Crippen LogP contribution in [0, 0.1) is 6.92 Å². The minimum absolute atomic E-state index is 0.157. The second-order valence-electron chi connectivity index (χ2n) is 6.02. The number of ether oxygens (including phenoxy) is 1. The molecule has 0 aliphatic carbocycles. The summed E-state index contributed by atoms with van der Waals surface area (Å²) in [5.41, 5.74) is 1.41. The van der Waals surface area contributed by atoms with Crippen LogP contribution in [-0.2, 0) is 14.6 Å². The first-order valence-electron chi connectivity index (χ1n) is 8.03. The molecular weight excluding hydrogens is 374 g/mol. The van der Waals surface area contributed by atoms with Crippen molar-refractivity contribution < 1.29 is 17.9 Å². The van der Waals surface area contributed by atoms with E-state index in [9.17, 15) is 13.2 Å². The third kappa shape index (κ3) is 4.26. The van der Waals surface area contributed by atoms with Gasteiger partial charge in [-0.15, -0.1) is 0 Å². The summed E-state index contributed by atoms with van der Waals surface area (Å²) < 4.78 is 29.2. The molecule has 0 spiro atoms. The number of aryl methyl sites for hydroxylation is 1.